The zero-order valence-electron chi connectivity index (χ0n) is 13.4. The number of aryl methyl sites for hydroxylation is 1. The second kappa shape index (κ2) is 6.16. The van der Waals surface area contributed by atoms with Crippen LogP contribution in [-0.4, -0.2) is 22.2 Å². The molecule has 0 atom stereocenters. The number of aromatic nitrogens is 1. The Balaban J connectivity index is 2.21. The molecule has 0 N–H and O–H groups in total. The highest BCUT2D eigenvalue weighted by atomic mass is 16.6. The maximum absolute atomic E-state index is 11.6. The van der Waals surface area contributed by atoms with E-state index in [0.717, 1.165) is 17.4 Å². The molecule has 0 aliphatic rings. The van der Waals surface area contributed by atoms with Gasteiger partial charge in [-0.25, -0.2) is 0 Å². The van der Waals surface area contributed by atoms with E-state index in [1.54, 1.807) is 23.5 Å². The van der Waals surface area contributed by atoms with Crippen LogP contribution in [0.3, 0.4) is 0 Å². The minimum atomic E-state index is -0.477. The summed E-state index contributed by atoms with van der Waals surface area (Å²) >= 11 is 0. The summed E-state index contributed by atoms with van der Waals surface area (Å²) in [6.07, 6.45) is 2.58. The van der Waals surface area contributed by atoms with Crippen molar-refractivity contribution in [2.24, 2.45) is 0 Å². The van der Waals surface area contributed by atoms with Crippen LogP contribution in [0, 0.1) is 17.0 Å². The van der Waals surface area contributed by atoms with Gasteiger partial charge in [0.15, 0.2) is 12.0 Å². The fraction of sp³-hybridized carbons (Fsp3) is 0.167. The van der Waals surface area contributed by atoms with E-state index in [0.29, 0.717) is 23.4 Å². The van der Waals surface area contributed by atoms with Crippen molar-refractivity contribution >= 4 is 17.5 Å². The first kappa shape index (κ1) is 15.7. The molecule has 1 aromatic carbocycles. The van der Waals surface area contributed by atoms with Crippen molar-refractivity contribution in [3.8, 4) is 16.9 Å². The van der Waals surface area contributed by atoms with Gasteiger partial charge in [0.05, 0.1) is 17.2 Å². The molecule has 6 nitrogen and oxygen atoms in total. The number of carbonyl (C=O) groups is 1. The van der Waals surface area contributed by atoms with Crippen molar-refractivity contribution in [3.05, 3.63) is 64.0 Å². The van der Waals surface area contributed by atoms with Crippen molar-refractivity contribution in [1.82, 2.24) is 4.40 Å². The van der Waals surface area contributed by atoms with E-state index in [2.05, 4.69) is 0 Å². The molecule has 122 valence electrons. The fourth-order valence-electron chi connectivity index (χ4n) is 2.77. The van der Waals surface area contributed by atoms with Gasteiger partial charge in [-0.05, 0) is 49.2 Å². The summed E-state index contributed by atoms with van der Waals surface area (Å²) < 4.78 is 7.08. The Hall–Kier alpha value is -3.15. The molecule has 6 heteroatoms. The Morgan fingerprint density at radius 2 is 2.04 bits per heavy atom. The molecule has 24 heavy (non-hydrogen) atoms. The smallest absolute Gasteiger partial charge is 0.311 e. The summed E-state index contributed by atoms with van der Waals surface area (Å²) in [5.41, 5.74) is 3.54. The van der Waals surface area contributed by atoms with E-state index in [1.807, 2.05) is 31.3 Å². The molecule has 0 radical (unpaired) electrons. The van der Waals surface area contributed by atoms with Crippen molar-refractivity contribution in [2.45, 2.75) is 13.8 Å². The van der Waals surface area contributed by atoms with Gasteiger partial charge < -0.3 is 9.14 Å². The highest BCUT2D eigenvalue weighted by Crippen LogP contribution is 2.34. The van der Waals surface area contributed by atoms with Gasteiger partial charge in [0, 0.05) is 23.3 Å². The molecule has 0 unspecified atom stereocenters. The topological polar surface area (TPSA) is 73.8 Å². The Kier molecular flexibility index (Phi) is 4.04. The molecule has 0 aliphatic heterocycles. The number of carbonyl (C=O) groups excluding carboxylic acids is 1. The van der Waals surface area contributed by atoms with Crippen LogP contribution in [0.5, 0.6) is 5.75 Å². The third kappa shape index (κ3) is 2.62. The second-order valence-electron chi connectivity index (χ2n) is 5.43. The normalized spacial score (nSPS) is 10.8. The zero-order chi connectivity index (χ0) is 17.3. The van der Waals surface area contributed by atoms with Crippen LogP contribution in [0.1, 0.15) is 23.0 Å². The number of hydrogen-bond donors (Lipinski definition) is 0. The number of benzene rings is 1. The molecule has 0 saturated heterocycles. The Bertz CT molecular complexity index is 944. The van der Waals surface area contributed by atoms with Crippen LogP contribution in [-0.2, 0) is 0 Å². The summed E-state index contributed by atoms with van der Waals surface area (Å²) in [4.78, 5) is 22.4. The number of fused-ring (bicyclic) bond motifs is 1. The first-order chi connectivity index (χ1) is 11.5. The maximum Gasteiger partial charge on any atom is 0.311 e. The van der Waals surface area contributed by atoms with Crippen LogP contribution in [0.4, 0.5) is 5.69 Å². The number of hydrogen-bond acceptors (Lipinski definition) is 4. The van der Waals surface area contributed by atoms with E-state index < -0.39 is 4.92 Å². The van der Waals surface area contributed by atoms with Gasteiger partial charge in [-0.1, -0.05) is 6.07 Å². The molecule has 0 spiro atoms. The standard InChI is InChI=1S/C18H16N2O4/c1-3-24-18-5-4-13(9-16(18)20(22)23)15-10-14-8-12(2)6-7-19(14)17(15)11-21/h4-11H,3H2,1-2H3. The number of nitro groups is 1. The zero-order valence-corrected chi connectivity index (χ0v) is 13.4. The van der Waals surface area contributed by atoms with Crippen LogP contribution >= 0.6 is 0 Å². The number of nitro benzene ring substituents is 1. The van der Waals surface area contributed by atoms with Crippen LogP contribution in [0.15, 0.2) is 42.6 Å². The van der Waals surface area contributed by atoms with Gasteiger partial charge in [0.1, 0.15) is 0 Å². The van der Waals surface area contributed by atoms with Crippen LogP contribution in [0.25, 0.3) is 16.6 Å². The molecule has 2 heterocycles. The maximum atomic E-state index is 11.6. The monoisotopic (exact) mass is 324 g/mol. The van der Waals surface area contributed by atoms with Gasteiger partial charge >= 0.3 is 5.69 Å². The van der Waals surface area contributed by atoms with Crippen LogP contribution < -0.4 is 4.74 Å². The summed E-state index contributed by atoms with van der Waals surface area (Å²) in [6.45, 7) is 4.08. The van der Waals surface area contributed by atoms with E-state index in [9.17, 15) is 14.9 Å². The molecule has 0 fully saturated rings. The molecule has 2 aromatic heterocycles. The van der Waals surface area contributed by atoms with Crippen molar-refractivity contribution in [3.63, 3.8) is 0 Å². The lowest BCUT2D eigenvalue weighted by molar-refractivity contribution is -0.385. The number of nitrogens with zero attached hydrogens (tertiary/aromatic N) is 2. The summed E-state index contributed by atoms with van der Waals surface area (Å²) in [5.74, 6) is 0.221. The molecule has 0 bridgehead atoms. The lowest BCUT2D eigenvalue weighted by atomic mass is 10.0. The number of pyridine rings is 1. The summed E-state index contributed by atoms with van der Waals surface area (Å²) in [7, 11) is 0. The molecule has 0 saturated carbocycles. The van der Waals surface area contributed by atoms with E-state index >= 15 is 0 Å². The van der Waals surface area contributed by atoms with E-state index in [4.69, 9.17) is 4.74 Å². The third-order valence-corrected chi connectivity index (χ3v) is 3.85. The molecular formula is C18H16N2O4. The average Bonchev–Trinajstić information content (AvgIpc) is 2.92. The first-order valence-corrected chi connectivity index (χ1v) is 7.53. The molecular weight excluding hydrogens is 308 g/mol. The van der Waals surface area contributed by atoms with Crippen molar-refractivity contribution in [2.75, 3.05) is 6.61 Å². The Labute approximate surface area is 138 Å². The van der Waals surface area contributed by atoms with Crippen molar-refractivity contribution < 1.29 is 14.5 Å². The molecule has 3 rings (SSSR count). The predicted octanol–water partition coefficient (Wildman–Crippen LogP) is 4.03. The van der Waals surface area contributed by atoms with E-state index in [-0.39, 0.29) is 11.4 Å². The SMILES string of the molecule is CCOc1ccc(-c2cc3cc(C)ccn3c2C=O)cc1[N+](=O)[O-]. The lowest BCUT2D eigenvalue weighted by Crippen LogP contribution is -1.98. The highest BCUT2D eigenvalue weighted by molar-refractivity contribution is 5.90. The Morgan fingerprint density at radius 3 is 2.71 bits per heavy atom. The highest BCUT2D eigenvalue weighted by Gasteiger charge is 2.19. The quantitative estimate of drug-likeness (QED) is 0.403. The van der Waals surface area contributed by atoms with Gasteiger partial charge in [-0.2, -0.15) is 0 Å². The number of aldehydes is 1. The predicted molar refractivity (Wildman–Crippen MR) is 90.8 cm³/mol. The minimum Gasteiger partial charge on any atom is -0.487 e. The lowest BCUT2D eigenvalue weighted by Gasteiger charge is -2.06. The van der Waals surface area contributed by atoms with Gasteiger partial charge in [0.25, 0.3) is 0 Å². The Morgan fingerprint density at radius 1 is 1.25 bits per heavy atom. The van der Waals surface area contributed by atoms with Gasteiger partial charge in [-0.3, -0.25) is 14.9 Å². The van der Waals surface area contributed by atoms with Crippen LogP contribution in [0.2, 0.25) is 0 Å². The molecule has 0 amide bonds. The molecule has 3 aromatic rings. The summed E-state index contributed by atoms with van der Waals surface area (Å²) in [6, 6.07) is 10.5. The first-order valence-electron chi connectivity index (χ1n) is 7.53. The minimum absolute atomic E-state index is 0.113. The third-order valence-electron chi connectivity index (χ3n) is 3.85. The van der Waals surface area contributed by atoms with E-state index in [1.165, 1.54) is 6.07 Å². The second-order valence-corrected chi connectivity index (χ2v) is 5.43. The average molecular weight is 324 g/mol. The number of rotatable bonds is 5. The fourth-order valence-corrected chi connectivity index (χ4v) is 2.77. The van der Waals surface area contributed by atoms with Gasteiger partial charge in [-0.15, -0.1) is 0 Å². The van der Waals surface area contributed by atoms with Gasteiger partial charge in [0.2, 0.25) is 0 Å². The molecule has 0 aliphatic carbocycles. The van der Waals surface area contributed by atoms with Crippen molar-refractivity contribution in [1.29, 1.82) is 0 Å². The largest absolute Gasteiger partial charge is 0.487 e. The number of ether oxygens (including phenoxy) is 1. The summed E-state index contributed by atoms with van der Waals surface area (Å²) in [5, 5.41) is 11.3.